The highest BCUT2D eigenvalue weighted by Crippen LogP contribution is 2.32. The number of anilines is 1. The molecule has 0 saturated heterocycles. The fraction of sp³-hybridized carbons (Fsp3) is 0.435. The van der Waals surface area contributed by atoms with Crippen LogP contribution in [0.15, 0.2) is 71.7 Å². The Bertz CT molecular complexity index is 1940. The first kappa shape index (κ1) is 40.0. The van der Waals surface area contributed by atoms with Gasteiger partial charge in [0.15, 0.2) is 17.5 Å². The van der Waals surface area contributed by atoms with Crippen LogP contribution < -0.4 is 20.5 Å². The number of hydrogen-bond donors (Lipinski definition) is 3. The minimum atomic E-state index is -0.287. The van der Waals surface area contributed by atoms with E-state index in [9.17, 15) is 9.90 Å². The third-order valence-electron chi connectivity index (χ3n) is 10.3. The molecular weight excluding hydrogens is 675 g/mol. The van der Waals surface area contributed by atoms with Crippen molar-refractivity contribution in [2.45, 2.75) is 116 Å². The lowest BCUT2D eigenvalue weighted by molar-refractivity contribution is -0.121. The highest BCUT2D eigenvalue weighted by atomic mass is 16.5. The van der Waals surface area contributed by atoms with Gasteiger partial charge < -0.3 is 30.4 Å². The Kier molecular flexibility index (Phi) is 15.5. The first-order valence-corrected chi connectivity index (χ1v) is 19.7. The van der Waals surface area contributed by atoms with Crippen molar-refractivity contribution in [2.75, 3.05) is 19.5 Å². The number of methoxy groups -OCH3 is 1. The molecule has 0 unspecified atom stereocenters. The van der Waals surface area contributed by atoms with E-state index in [1.54, 1.807) is 20.2 Å². The molecule has 2 heterocycles. The average molecular weight is 732 g/mol. The van der Waals surface area contributed by atoms with Crippen molar-refractivity contribution in [1.82, 2.24) is 0 Å². The number of fused-ring (bicyclic) bond motifs is 9. The number of nitrogens with one attached hydrogen (secondary N) is 1. The van der Waals surface area contributed by atoms with Crippen LogP contribution in [0.3, 0.4) is 0 Å². The molecule has 2 aliphatic rings. The largest absolute Gasteiger partial charge is 0.508 e. The number of phenolic OH excluding ortho intramolecular Hbond substituents is 1. The van der Waals surface area contributed by atoms with Crippen molar-refractivity contribution in [1.29, 1.82) is 0 Å². The van der Waals surface area contributed by atoms with Crippen LogP contribution in [0.4, 0.5) is 5.69 Å². The second kappa shape index (κ2) is 20.9. The van der Waals surface area contributed by atoms with E-state index < -0.39 is 0 Å². The zero-order valence-corrected chi connectivity index (χ0v) is 32.3. The highest BCUT2D eigenvalue weighted by molar-refractivity contribution is 5.93. The van der Waals surface area contributed by atoms with Crippen molar-refractivity contribution in [3.8, 4) is 29.3 Å². The SMILES string of the molecule is CCCCCc1c(CCCCCCC[C@H]2CC(=O)CCc3ccc(OC)c(c3)OCc3ccc4c(c(O)ccc4c3)CC#CO2)cccc1NC(N)=NC. The summed E-state index contributed by atoms with van der Waals surface area (Å²) in [6.07, 6.45) is 16.1. The van der Waals surface area contributed by atoms with E-state index in [2.05, 4.69) is 53.5 Å². The summed E-state index contributed by atoms with van der Waals surface area (Å²) in [5.41, 5.74) is 12.6. The molecule has 54 heavy (non-hydrogen) atoms. The Morgan fingerprint density at radius 2 is 1.78 bits per heavy atom. The van der Waals surface area contributed by atoms with Crippen molar-refractivity contribution < 1.29 is 24.1 Å². The molecule has 4 N–H and O–H groups in total. The molecule has 6 bridgehead atoms. The molecule has 0 radical (unpaired) electrons. The first-order valence-electron chi connectivity index (χ1n) is 19.7. The van der Waals surface area contributed by atoms with Gasteiger partial charge in [-0.05, 0) is 108 Å². The predicted molar refractivity (Wildman–Crippen MR) is 219 cm³/mol. The molecule has 0 spiro atoms. The van der Waals surface area contributed by atoms with Crippen LogP contribution >= 0.6 is 0 Å². The van der Waals surface area contributed by atoms with Crippen LogP contribution in [0, 0.1) is 12.0 Å². The van der Waals surface area contributed by atoms with E-state index in [-0.39, 0.29) is 17.6 Å². The fourth-order valence-electron chi connectivity index (χ4n) is 7.19. The lowest BCUT2D eigenvalue weighted by Gasteiger charge is -2.16. The van der Waals surface area contributed by atoms with E-state index in [0.717, 1.165) is 90.9 Å². The van der Waals surface area contributed by atoms with Gasteiger partial charge in [0, 0.05) is 37.6 Å². The maximum atomic E-state index is 13.3. The summed E-state index contributed by atoms with van der Waals surface area (Å²) in [5, 5.41) is 16.0. The van der Waals surface area contributed by atoms with Gasteiger partial charge in [-0.3, -0.25) is 9.79 Å². The minimum absolute atomic E-state index is 0.149. The second-order valence-corrected chi connectivity index (χ2v) is 14.3. The van der Waals surface area contributed by atoms with Crippen molar-refractivity contribution in [2.24, 2.45) is 10.7 Å². The lowest BCUT2D eigenvalue weighted by Crippen LogP contribution is -2.23. The van der Waals surface area contributed by atoms with Gasteiger partial charge in [-0.15, -0.1) is 0 Å². The van der Waals surface area contributed by atoms with Crippen LogP contribution in [0.1, 0.15) is 105 Å². The number of guanidine groups is 1. The summed E-state index contributed by atoms with van der Waals surface area (Å²) < 4.78 is 17.9. The number of ether oxygens (including phenoxy) is 3. The van der Waals surface area contributed by atoms with Gasteiger partial charge in [0.25, 0.3) is 0 Å². The van der Waals surface area contributed by atoms with Crippen molar-refractivity contribution in [3.63, 3.8) is 0 Å². The Labute approximate surface area is 321 Å². The van der Waals surface area contributed by atoms with Gasteiger partial charge in [-0.1, -0.05) is 81.3 Å². The normalized spacial score (nSPS) is 15.1. The van der Waals surface area contributed by atoms with Gasteiger partial charge in [0.2, 0.25) is 0 Å². The van der Waals surface area contributed by atoms with E-state index in [1.807, 2.05) is 36.4 Å². The number of aromatic hydroxyl groups is 1. The molecule has 0 fully saturated rings. The quantitative estimate of drug-likeness (QED) is 0.0512. The molecule has 286 valence electrons. The summed E-state index contributed by atoms with van der Waals surface area (Å²) >= 11 is 0. The Hall–Kier alpha value is -5.16. The predicted octanol–water partition coefficient (Wildman–Crippen LogP) is 9.60. The number of nitrogens with zero attached hydrogens (tertiary/aromatic N) is 1. The van der Waals surface area contributed by atoms with Gasteiger partial charge in [0.05, 0.1) is 7.11 Å². The highest BCUT2D eigenvalue weighted by Gasteiger charge is 2.17. The van der Waals surface area contributed by atoms with E-state index in [1.165, 1.54) is 24.0 Å². The summed E-state index contributed by atoms with van der Waals surface area (Å²) in [5.74, 6) is 5.20. The van der Waals surface area contributed by atoms with Gasteiger partial charge in [-0.25, -0.2) is 0 Å². The molecular formula is C46H57N3O5. The number of aryl methyl sites for hydroxylation is 2. The zero-order valence-electron chi connectivity index (χ0n) is 32.3. The van der Waals surface area contributed by atoms with Crippen LogP contribution in [-0.2, 0) is 41.8 Å². The Balaban J connectivity index is 1.21. The van der Waals surface area contributed by atoms with Crippen LogP contribution in [0.2, 0.25) is 0 Å². The van der Waals surface area contributed by atoms with Crippen LogP contribution in [0.25, 0.3) is 10.8 Å². The molecule has 0 amide bonds. The standard InChI is InChI=1S/C46H57N3O5/c1-4-5-9-17-40-35(15-12-19-42(40)49-46(47)48-2)14-10-7-6-8-11-16-38-31-37(50)24-20-33-22-27-44(52-3)45(30-33)54-32-34-21-25-39-36(29-34)23-26-43(51)41(39)18-13-28-53-38/h12,15,19,21-23,25-27,29-30,38,51H,4-11,14,16-18,20,24,31-32H2,1-3H3,(H3,47,48,49)/t38-/m0/s1. The molecule has 8 nitrogen and oxygen atoms in total. The van der Waals surface area contributed by atoms with Crippen molar-refractivity contribution >= 4 is 28.2 Å². The summed E-state index contributed by atoms with van der Waals surface area (Å²) in [6, 6.07) is 22.0. The van der Waals surface area contributed by atoms with E-state index >= 15 is 0 Å². The Morgan fingerprint density at radius 1 is 0.963 bits per heavy atom. The summed E-state index contributed by atoms with van der Waals surface area (Å²) in [4.78, 5) is 17.4. The number of rotatable bonds is 14. The topological polar surface area (TPSA) is 115 Å². The second-order valence-electron chi connectivity index (χ2n) is 14.3. The third kappa shape index (κ3) is 11.7. The monoisotopic (exact) mass is 731 g/mol. The number of unbranched alkanes of at least 4 members (excludes halogenated alkanes) is 6. The maximum Gasteiger partial charge on any atom is 0.192 e. The minimum Gasteiger partial charge on any atom is -0.508 e. The smallest absolute Gasteiger partial charge is 0.192 e. The van der Waals surface area contributed by atoms with Gasteiger partial charge >= 0.3 is 0 Å². The molecule has 6 rings (SSSR count). The number of Topliss-reactive ketones (excluding diaryl/α,β-unsaturated/α-hetero) is 1. The molecule has 4 aromatic carbocycles. The van der Waals surface area contributed by atoms with E-state index in [4.69, 9.17) is 19.9 Å². The van der Waals surface area contributed by atoms with E-state index in [0.29, 0.717) is 49.7 Å². The number of ketones is 1. The van der Waals surface area contributed by atoms with Crippen LogP contribution in [-0.4, -0.2) is 37.1 Å². The van der Waals surface area contributed by atoms with Gasteiger partial charge in [-0.2, -0.15) is 0 Å². The van der Waals surface area contributed by atoms with Gasteiger partial charge in [0.1, 0.15) is 30.4 Å². The third-order valence-corrected chi connectivity index (χ3v) is 10.3. The Morgan fingerprint density at radius 3 is 2.61 bits per heavy atom. The molecule has 0 aliphatic carbocycles. The number of nitrogens with two attached hydrogens (primary N) is 1. The first-order chi connectivity index (χ1) is 26.4. The number of phenols is 1. The molecule has 1 atom stereocenters. The molecule has 4 aromatic rings. The molecule has 0 saturated carbocycles. The average Bonchev–Trinajstić information content (AvgIpc) is 3.18. The number of carbonyl (C=O) groups excluding carboxylic acids is 1. The van der Waals surface area contributed by atoms with Crippen molar-refractivity contribution in [3.05, 3.63) is 94.5 Å². The molecule has 8 heteroatoms. The number of hydrogen-bond acceptors (Lipinski definition) is 6. The summed E-state index contributed by atoms with van der Waals surface area (Å²) in [7, 11) is 3.33. The molecule has 2 aliphatic heterocycles. The zero-order chi connectivity index (χ0) is 38.1. The number of carbonyl (C=O) groups is 1. The number of aliphatic imine (C=N–C) groups is 1. The number of benzene rings is 4. The maximum absolute atomic E-state index is 13.3. The fourth-order valence-corrected chi connectivity index (χ4v) is 7.19. The van der Waals surface area contributed by atoms with Crippen LogP contribution in [0.5, 0.6) is 17.2 Å². The summed E-state index contributed by atoms with van der Waals surface area (Å²) in [6.45, 7) is 2.59. The lowest BCUT2D eigenvalue weighted by atomic mass is 9.95. The molecule has 0 aromatic heterocycles.